The predicted octanol–water partition coefficient (Wildman–Crippen LogP) is 2.15. The number of ether oxygens (including phenoxy) is 1. The fourth-order valence-electron chi connectivity index (χ4n) is 4.25. The molecule has 0 amide bonds. The summed E-state index contributed by atoms with van der Waals surface area (Å²) in [5.41, 5.74) is 6.96. The fourth-order valence-corrected chi connectivity index (χ4v) is 4.25. The lowest BCUT2D eigenvalue weighted by atomic mass is 9.68. The largest absolute Gasteiger partial charge is 0.380 e. The summed E-state index contributed by atoms with van der Waals surface area (Å²) < 4.78 is 5.62. The molecule has 3 heteroatoms. The van der Waals surface area contributed by atoms with Crippen LogP contribution in [0.2, 0.25) is 0 Å². The lowest BCUT2D eigenvalue weighted by Crippen LogP contribution is -2.56. The normalized spacial score (nSPS) is 37.8. The van der Waals surface area contributed by atoms with Crippen molar-refractivity contribution in [1.82, 2.24) is 4.90 Å². The molecule has 2 N–H and O–H groups in total. The number of likely N-dealkylation sites (tertiary alicyclic amines) is 1. The monoisotopic (exact) mass is 252 g/mol. The average molecular weight is 252 g/mol. The minimum Gasteiger partial charge on any atom is -0.380 e. The van der Waals surface area contributed by atoms with Gasteiger partial charge in [-0.05, 0) is 50.6 Å². The number of hydrogen-bond acceptors (Lipinski definition) is 3. The van der Waals surface area contributed by atoms with Gasteiger partial charge < -0.3 is 10.5 Å². The summed E-state index contributed by atoms with van der Waals surface area (Å²) >= 11 is 0. The van der Waals surface area contributed by atoms with Gasteiger partial charge in [0.15, 0.2) is 0 Å². The smallest absolute Gasteiger partial charge is 0.0636 e. The van der Waals surface area contributed by atoms with E-state index in [0.29, 0.717) is 17.5 Å². The number of piperidine rings is 1. The molecule has 3 aliphatic rings. The Morgan fingerprint density at radius 2 is 1.72 bits per heavy atom. The van der Waals surface area contributed by atoms with E-state index in [1.807, 2.05) is 0 Å². The molecular formula is C15H28N2O. The van der Waals surface area contributed by atoms with Gasteiger partial charge in [-0.1, -0.05) is 19.3 Å². The molecule has 2 unspecified atom stereocenters. The van der Waals surface area contributed by atoms with Crippen LogP contribution < -0.4 is 5.73 Å². The van der Waals surface area contributed by atoms with E-state index < -0.39 is 0 Å². The molecule has 0 aromatic carbocycles. The summed E-state index contributed by atoms with van der Waals surface area (Å²) in [6, 6.07) is 0.818. The zero-order valence-corrected chi connectivity index (χ0v) is 11.6. The second-order valence-corrected chi connectivity index (χ2v) is 6.69. The highest BCUT2D eigenvalue weighted by atomic mass is 16.5. The van der Waals surface area contributed by atoms with Crippen LogP contribution in [0.4, 0.5) is 0 Å². The molecule has 0 aromatic rings. The molecule has 18 heavy (non-hydrogen) atoms. The molecule has 0 radical (unpaired) electrons. The predicted molar refractivity (Wildman–Crippen MR) is 73.5 cm³/mol. The molecule has 3 rings (SSSR count). The Morgan fingerprint density at radius 3 is 2.39 bits per heavy atom. The lowest BCUT2D eigenvalue weighted by molar-refractivity contribution is -0.0259. The van der Waals surface area contributed by atoms with Crippen molar-refractivity contribution in [3.05, 3.63) is 0 Å². The molecular weight excluding hydrogens is 224 g/mol. The van der Waals surface area contributed by atoms with Crippen molar-refractivity contribution in [2.45, 2.75) is 63.5 Å². The molecule has 0 aromatic heterocycles. The van der Waals surface area contributed by atoms with Crippen LogP contribution in [0, 0.1) is 5.41 Å². The van der Waals surface area contributed by atoms with Crippen LogP contribution in [0.15, 0.2) is 0 Å². The van der Waals surface area contributed by atoms with Gasteiger partial charge in [-0.25, -0.2) is 0 Å². The Morgan fingerprint density at radius 1 is 1.00 bits per heavy atom. The van der Waals surface area contributed by atoms with E-state index in [0.717, 1.165) is 19.6 Å². The Balaban J connectivity index is 1.55. The molecule has 2 saturated heterocycles. The van der Waals surface area contributed by atoms with Crippen molar-refractivity contribution >= 4 is 0 Å². The van der Waals surface area contributed by atoms with Gasteiger partial charge in [-0.3, -0.25) is 4.90 Å². The highest BCUT2D eigenvalue weighted by Crippen LogP contribution is 2.44. The third kappa shape index (κ3) is 2.59. The first-order valence-corrected chi connectivity index (χ1v) is 7.87. The molecule has 104 valence electrons. The number of hydrogen-bond donors (Lipinski definition) is 1. The van der Waals surface area contributed by atoms with Crippen LogP contribution in [0.3, 0.4) is 0 Å². The van der Waals surface area contributed by atoms with Gasteiger partial charge in [0.2, 0.25) is 0 Å². The first-order valence-electron chi connectivity index (χ1n) is 7.87. The molecule has 3 nitrogen and oxygen atoms in total. The average Bonchev–Trinajstić information content (AvgIpc) is 2.42. The van der Waals surface area contributed by atoms with Crippen LogP contribution in [0.5, 0.6) is 0 Å². The minimum atomic E-state index is 0.333. The first kappa shape index (κ1) is 12.9. The van der Waals surface area contributed by atoms with Crippen LogP contribution >= 0.6 is 0 Å². The van der Waals surface area contributed by atoms with E-state index in [2.05, 4.69) is 4.90 Å². The van der Waals surface area contributed by atoms with Crippen molar-refractivity contribution in [1.29, 1.82) is 0 Å². The first-order chi connectivity index (χ1) is 8.79. The molecule has 1 saturated carbocycles. The van der Waals surface area contributed by atoms with E-state index in [1.165, 1.54) is 58.0 Å². The van der Waals surface area contributed by atoms with Crippen molar-refractivity contribution < 1.29 is 4.74 Å². The van der Waals surface area contributed by atoms with Crippen molar-refractivity contribution in [3.8, 4) is 0 Å². The zero-order valence-electron chi connectivity index (χ0n) is 11.6. The van der Waals surface area contributed by atoms with E-state index in [9.17, 15) is 0 Å². The standard InChI is InChI=1S/C15H28N2O/c16-13-4-11-18-12-14(13)17-9-7-15(8-10-17)5-2-1-3-6-15/h13-14H,1-12,16H2. The quantitative estimate of drug-likeness (QED) is 0.777. The highest BCUT2D eigenvalue weighted by molar-refractivity contribution is 4.93. The Labute approximate surface area is 111 Å². The summed E-state index contributed by atoms with van der Waals surface area (Å²) in [6.07, 6.45) is 11.2. The molecule has 0 bridgehead atoms. The van der Waals surface area contributed by atoms with Gasteiger partial charge in [0.05, 0.1) is 6.61 Å². The summed E-state index contributed by atoms with van der Waals surface area (Å²) in [4.78, 5) is 2.61. The fraction of sp³-hybridized carbons (Fsp3) is 1.00. The Kier molecular flexibility index (Phi) is 3.92. The van der Waals surface area contributed by atoms with Gasteiger partial charge in [0.1, 0.15) is 0 Å². The third-order valence-electron chi connectivity index (χ3n) is 5.62. The maximum absolute atomic E-state index is 6.26. The number of nitrogens with two attached hydrogens (primary N) is 1. The summed E-state index contributed by atoms with van der Waals surface area (Å²) in [5, 5.41) is 0. The van der Waals surface area contributed by atoms with Crippen molar-refractivity contribution in [2.24, 2.45) is 11.1 Å². The SMILES string of the molecule is NC1CCOCC1N1CCC2(CCCCC2)CC1. The maximum Gasteiger partial charge on any atom is 0.0636 e. The van der Waals surface area contributed by atoms with Gasteiger partial charge in [0, 0.05) is 18.7 Å². The van der Waals surface area contributed by atoms with Crippen LogP contribution in [-0.4, -0.2) is 43.3 Å². The van der Waals surface area contributed by atoms with E-state index in [-0.39, 0.29) is 0 Å². The molecule has 1 aliphatic carbocycles. The van der Waals surface area contributed by atoms with E-state index in [4.69, 9.17) is 10.5 Å². The Hall–Kier alpha value is -0.120. The molecule has 2 atom stereocenters. The summed E-state index contributed by atoms with van der Waals surface area (Å²) in [7, 11) is 0. The molecule has 3 fully saturated rings. The molecule has 1 spiro atoms. The van der Waals surface area contributed by atoms with Crippen LogP contribution in [0.1, 0.15) is 51.4 Å². The Bertz CT molecular complexity index is 266. The van der Waals surface area contributed by atoms with Crippen molar-refractivity contribution in [3.63, 3.8) is 0 Å². The van der Waals surface area contributed by atoms with Crippen LogP contribution in [-0.2, 0) is 4.74 Å². The molecule has 2 heterocycles. The van der Waals surface area contributed by atoms with Gasteiger partial charge >= 0.3 is 0 Å². The third-order valence-corrected chi connectivity index (χ3v) is 5.62. The number of rotatable bonds is 1. The van der Waals surface area contributed by atoms with Gasteiger partial charge in [0.25, 0.3) is 0 Å². The van der Waals surface area contributed by atoms with Crippen LogP contribution in [0.25, 0.3) is 0 Å². The molecule has 2 aliphatic heterocycles. The van der Waals surface area contributed by atoms with Gasteiger partial charge in [-0.15, -0.1) is 0 Å². The van der Waals surface area contributed by atoms with E-state index >= 15 is 0 Å². The summed E-state index contributed by atoms with van der Waals surface area (Å²) in [6.45, 7) is 4.22. The van der Waals surface area contributed by atoms with Crippen molar-refractivity contribution in [2.75, 3.05) is 26.3 Å². The minimum absolute atomic E-state index is 0.333. The second kappa shape index (κ2) is 5.48. The maximum atomic E-state index is 6.26. The van der Waals surface area contributed by atoms with Gasteiger partial charge in [-0.2, -0.15) is 0 Å². The van der Waals surface area contributed by atoms with E-state index in [1.54, 1.807) is 0 Å². The zero-order chi connectivity index (χ0) is 12.4. The summed E-state index contributed by atoms with van der Waals surface area (Å²) in [5.74, 6) is 0. The second-order valence-electron chi connectivity index (χ2n) is 6.69. The number of nitrogens with zero attached hydrogens (tertiary/aromatic N) is 1. The topological polar surface area (TPSA) is 38.5 Å². The lowest BCUT2D eigenvalue weighted by Gasteiger charge is -2.48. The highest BCUT2D eigenvalue weighted by Gasteiger charge is 2.38.